The summed E-state index contributed by atoms with van der Waals surface area (Å²) in [6.45, 7) is 0. The molecule has 2 atom stereocenters. The topological polar surface area (TPSA) is 89.3 Å². The normalized spacial score (nSPS) is 31.1. The first-order chi connectivity index (χ1) is 5.54. The Morgan fingerprint density at radius 3 is 2.43 bits per heavy atom. The van der Waals surface area contributed by atoms with Crippen LogP contribution in [0.15, 0.2) is 0 Å². The number of carbonyl (C=O) groups is 1. The van der Waals surface area contributed by atoms with E-state index in [1.165, 1.54) is 0 Å². The van der Waals surface area contributed by atoms with Crippen LogP contribution in [0.4, 0.5) is 0 Å². The summed E-state index contributed by atoms with van der Waals surface area (Å²) in [5.74, 6) is -0.852. The first-order valence-corrected chi connectivity index (χ1v) is 4.31. The summed E-state index contributed by atoms with van der Waals surface area (Å²) in [4.78, 5) is 10.5. The zero-order valence-corrected chi connectivity index (χ0v) is 7.12. The zero-order chi connectivity index (χ0) is 9.19. The number of nitrogens with two attached hydrogens (primary N) is 2. The van der Waals surface area contributed by atoms with E-state index >= 15 is 0 Å². The molecule has 1 aliphatic carbocycles. The van der Waals surface area contributed by atoms with Crippen LogP contribution >= 0.6 is 0 Å². The van der Waals surface area contributed by atoms with Crippen molar-refractivity contribution in [3.8, 4) is 0 Å². The number of carboxylic acid groups (broad SMARTS) is 1. The van der Waals surface area contributed by atoms with Crippen LogP contribution in [0.25, 0.3) is 0 Å². The van der Waals surface area contributed by atoms with Crippen molar-refractivity contribution in [3.05, 3.63) is 0 Å². The Morgan fingerprint density at radius 2 is 2.00 bits per heavy atom. The average Bonchev–Trinajstić information content (AvgIpc) is 1.94. The Morgan fingerprint density at radius 1 is 1.43 bits per heavy atom. The molecule has 0 aromatic carbocycles. The van der Waals surface area contributed by atoms with Crippen LogP contribution in [-0.2, 0) is 4.79 Å². The Kier molecular flexibility index (Phi) is 9.69. The number of aliphatic carboxylic acids is 1. The standard InChI is InChI=1S/C8H16N2O2.2Na.2H/c9-6-3-1-2-4-8(6,10)5-7(11)12;;;;/h6H,1-5,9-10H2,(H,11,12);;;;. The van der Waals surface area contributed by atoms with Crippen LogP contribution in [0, 0.1) is 0 Å². The van der Waals surface area contributed by atoms with Crippen molar-refractivity contribution in [1.29, 1.82) is 0 Å². The van der Waals surface area contributed by atoms with Gasteiger partial charge in [-0.25, -0.2) is 0 Å². The first-order valence-electron chi connectivity index (χ1n) is 4.31. The van der Waals surface area contributed by atoms with E-state index in [4.69, 9.17) is 16.6 Å². The monoisotopic (exact) mass is 220 g/mol. The summed E-state index contributed by atoms with van der Waals surface area (Å²) in [6.07, 6.45) is 3.65. The predicted molar refractivity (Wildman–Crippen MR) is 59.9 cm³/mol. The zero-order valence-electron chi connectivity index (χ0n) is 7.12. The summed E-state index contributed by atoms with van der Waals surface area (Å²) < 4.78 is 0. The number of carboxylic acids is 1. The molecule has 4 nitrogen and oxygen atoms in total. The van der Waals surface area contributed by atoms with Crippen molar-refractivity contribution in [3.63, 3.8) is 0 Å². The van der Waals surface area contributed by atoms with Gasteiger partial charge in [0, 0.05) is 11.6 Å². The van der Waals surface area contributed by atoms with E-state index in [9.17, 15) is 4.79 Å². The number of hydrogen-bond donors (Lipinski definition) is 3. The summed E-state index contributed by atoms with van der Waals surface area (Å²) in [7, 11) is 0. The molecule has 0 spiro atoms. The first kappa shape index (κ1) is 17.8. The fourth-order valence-electron chi connectivity index (χ4n) is 1.79. The van der Waals surface area contributed by atoms with Crippen LogP contribution in [0.5, 0.6) is 0 Å². The van der Waals surface area contributed by atoms with Gasteiger partial charge in [0.2, 0.25) is 0 Å². The summed E-state index contributed by atoms with van der Waals surface area (Å²) >= 11 is 0. The summed E-state index contributed by atoms with van der Waals surface area (Å²) in [6, 6.07) is -0.151. The number of hydrogen-bond acceptors (Lipinski definition) is 3. The molecule has 0 amide bonds. The van der Waals surface area contributed by atoms with E-state index in [1.807, 2.05) is 0 Å². The van der Waals surface area contributed by atoms with Gasteiger partial charge in [-0.15, -0.1) is 0 Å². The molecule has 1 fully saturated rings. The Labute approximate surface area is 129 Å². The molecule has 1 saturated carbocycles. The van der Waals surface area contributed by atoms with E-state index in [0.29, 0.717) is 0 Å². The van der Waals surface area contributed by atoms with Gasteiger partial charge in [-0.2, -0.15) is 0 Å². The van der Waals surface area contributed by atoms with Crippen molar-refractivity contribution in [2.45, 2.75) is 43.7 Å². The van der Waals surface area contributed by atoms with E-state index in [1.54, 1.807) is 0 Å². The Hall–Kier alpha value is 1.39. The molecule has 0 aliphatic heterocycles. The minimum absolute atomic E-state index is 0. The van der Waals surface area contributed by atoms with Gasteiger partial charge in [-0.3, -0.25) is 4.79 Å². The molecule has 14 heavy (non-hydrogen) atoms. The molecule has 0 aromatic rings. The molecule has 0 aromatic heterocycles. The van der Waals surface area contributed by atoms with Crippen molar-refractivity contribution >= 4 is 65.1 Å². The molecule has 6 heteroatoms. The molecular formula is C8H18N2Na2O2. The predicted octanol–water partition coefficient (Wildman–Crippen LogP) is -1.24. The second kappa shape index (κ2) is 7.63. The molecule has 0 heterocycles. The van der Waals surface area contributed by atoms with Gasteiger partial charge in [0.15, 0.2) is 0 Å². The van der Waals surface area contributed by atoms with E-state index in [0.717, 1.165) is 25.7 Å². The van der Waals surface area contributed by atoms with Crippen molar-refractivity contribution in [2.24, 2.45) is 11.5 Å². The van der Waals surface area contributed by atoms with Gasteiger partial charge in [-0.05, 0) is 12.8 Å². The Bertz CT molecular complexity index is 192. The van der Waals surface area contributed by atoms with Crippen molar-refractivity contribution in [1.82, 2.24) is 0 Å². The van der Waals surface area contributed by atoms with Crippen LogP contribution < -0.4 is 11.5 Å². The maximum atomic E-state index is 10.5. The van der Waals surface area contributed by atoms with Gasteiger partial charge in [0.1, 0.15) is 0 Å². The molecule has 2 unspecified atom stereocenters. The molecule has 0 radical (unpaired) electrons. The minimum atomic E-state index is -0.852. The second-order valence-corrected chi connectivity index (χ2v) is 3.66. The van der Waals surface area contributed by atoms with E-state index < -0.39 is 11.5 Å². The molecular weight excluding hydrogens is 202 g/mol. The summed E-state index contributed by atoms with van der Waals surface area (Å²) in [5, 5.41) is 8.61. The van der Waals surface area contributed by atoms with Crippen LogP contribution in [0.1, 0.15) is 32.1 Å². The third-order valence-corrected chi connectivity index (χ3v) is 2.63. The average molecular weight is 220 g/mol. The fourth-order valence-corrected chi connectivity index (χ4v) is 1.79. The molecule has 1 rings (SSSR count). The van der Waals surface area contributed by atoms with Gasteiger partial charge in [-0.1, -0.05) is 12.8 Å². The number of rotatable bonds is 2. The van der Waals surface area contributed by atoms with Crippen LogP contribution in [0.2, 0.25) is 0 Å². The van der Waals surface area contributed by atoms with Gasteiger partial charge in [0.05, 0.1) is 6.42 Å². The third kappa shape index (κ3) is 4.94. The molecule has 1 aliphatic rings. The Balaban J connectivity index is 0. The van der Waals surface area contributed by atoms with E-state index in [-0.39, 0.29) is 71.6 Å². The maximum absolute atomic E-state index is 10.5. The second-order valence-electron chi connectivity index (χ2n) is 3.66. The van der Waals surface area contributed by atoms with Crippen LogP contribution in [-0.4, -0.2) is 81.8 Å². The van der Waals surface area contributed by atoms with E-state index in [2.05, 4.69) is 0 Å². The van der Waals surface area contributed by atoms with Crippen molar-refractivity contribution < 1.29 is 9.90 Å². The van der Waals surface area contributed by atoms with Crippen molar-refractivity contribution in [2.75, 3.05) is 0 Å². The molecule has 74 valence electrons. The van der Waals surface area contributed by atoms with Gasteiger partial charge in [0.25, 0.3) is 0 Å². The van der Waals surface area contributed by atoms with Gasteiger partial charge >= 0.3 is 65.1 Å². The quantitative estimate of drug-likeness (QED) is 0.508. The molecule has 0 bridgehead atoms. The van der Waals surface area contributed by atoms with Crippen LogP contribution in [0.3, 0.4) is 0 Å². The van der Waals surface area contributed by atoms with Gasteiger partial charge < -0.3 is 16.6 Å². The molecule has 0 saturated heterocycles. The summed E-state index contributed by atoms with van der Waals surface area (Å²) in [5.41, 5.74) is 11.0. The fraction of sp³-hybridized carbons (Fsp3) is 0.875. The molecule has 5 N–H and O–H groups in total. The SMILES string of the molecule is NC1CCCCC1(N)CC(=O)O.[NaH].[NaH]. The third-order valence-electron chi connectivity index (χ3n) is 2.63.